The van der Waals surface area contributed by atoms with Gasteiger partial charge in [-0.3, -0.25) is 0 Å². The first-order chi connectivity index (χ1) is 9.84. The molecule has 1 N–H and O–H groups in total. The van der Waals surface area contributed by atoms with Crippen LogP contribution in [0.5, 0.6) is 0 Å². The third kappa shape index (κ3) is 5.61. The Hall–Kier alpha value is -1.55. The average Bonchev–Trinajstić information content (AvgIpc) is 2.96. The Balaban J connectivity index is 1.46. The number of rotatable bonds is 7. The lowest BCUT2D eigenvalue weighted by atomic mass is 10.2. The van der Waals surface area contributed by atoms with E-state index in [-0.39, 0.29) is 12.2 Å². The zero-order chi connectivity index (χ0) is 14.0. The molecule has 0 heterocycles. The lowest BCUT2D eigenvalue weighted by Crippen LogP contribution is -2.29. The number of ether oxygens (including phenoxy) is 2. The fourth-order valence-electron chi connectivity index (χ4n) is 2.33. The normalized spacial score (nSPS) is 15.2. The molecule has 0 bridgehead atoms. The number of nitrogens with one attached hydrogen (secondary N) is 1. The van der Waals surface area contributed by atoms with Crippen LogP contribution in [0.1, 0.15) is 37.7 Å². The second-order valence-electron chi connectivity index (χ2n) is 5.13. The Morgan fingerprint density at radius 1 is 1.20 bits per heavy atom. The van der Waals surface area contributed by atoms with Crippen LogP contribution in [0.3, 0.4) is 0 Å². The molecule has 4 nitrogen and oxygen atoms in total. The standard InChI is InChI=1S/C16H23NO3/c18-16(20-15-9-4-5-10-15)17-11-6-12-19-13-14-7-2-1-3-8-14/h1-3,7-8,15H,4-6,9-13H2,(H,17,18). The Labute approximate surface area is 120 Å². The highest BCUT2D eigenvalue weighted by molar-refractivity contribution is 5.67. The molecular formula is C16H23NO3. The first-order valence-corrected chi connectivity index (χ1v) is 7.41. The quantitative estimate of drug-likeness (QED) is 0.778. The Bertz CT molecular complexity index is 388. The number of hydrogen-bond acceptors (Lipinski definition) is 3. The van der Waals surface area contributed by atoms with Gasteiger partial charge in [0.15, 0.2) is 0 Å². The molecule has 110 valence electrons. The number of carbonyl (C=O) groups excluding carboxylic acids is 1. The van der Waals surface area contributed by atoms with Crippen molar-refractivity contribution in [3.63, 3.8) is 0 Å². The number of carbonyl (C=O) groups is 1. The molecule has 0 unspecified atom stereocenters. The van der Waals surface area contributed by atoms with Crippen molar-refractivity contribution in [1.82, 2.24) is 5.32 Å². The van der Waals surface area contributed by atoms with Crippen LogP contribution in [0.4, 0.5) is 4.79 Å². The molecule has 1 saturated carbocycles. The van der Waals surface area contributed by atoms with Crippen molar-refractivity contribution in [2.24, 2.45) is 0 Å². The molecule has 0 aliphatic heterocycles. The number of amides is 1. The van der Waals surface area contributed by atoms with Gasteiger partial charge in [-0.15, -0.1) is 0 Å². The summed E-state index contributed by atoms with van der Waals surface area (Å²) in [5.41, 5.74) is 1.17. The highest BCUT2D eigenvalue weighted by atomic mass is 16.6. The molecule has 20 heavy (non-hydrogen) atoms. The zero-order valence-electron chi connectivity index (χ0n) is 11.8. The van der Waals surface area contributed by atoms with Crippen molar-refractivity contribution in [3.05, 3.63) is 35.9 Å². The molecule has 4 heteroatoms. The predicted molar refractivity (Wildman–Crippen MR) is 77.5 cm³/mol. The summed E-state index contributed by atoms with van der Waals surface area (Å²) in [5.74, 6) is 0. The molecule has 1 fully saturated rings. The van der Waals surface area contributed by atoms with Gasteiger partial charge in [0.1, 0.15) is 6.10 Å². The van der Waals surface area contributed by atoms with E-state index < -0.39 is 0 Å². The topological polar surface area (TPSA) is 47.6 Å². The lowest BCUT2D eigenvalue weighted by molar-refractivity contribution is 0.0967. The zero-order valence-corrected chi connectivity index (χ0v) is 11.8. The van der Waals surface area contributed by atoms with Gasteiger partial charge in [0.05, 0.1) is 6.61 Å². The minimum atomic E-state index is -0.292. The lowest BCUT2D eigenvalue weighted by Gasteiger charge is -2.12. The van der Waals surface area contributed by atoms with Crippen LogP contribution in [-0.4, -0.2) is 25.3 Å². The molecule has 1 aromatic rings. The first-order valence-electron chi connectivity index (χ1n) is 7.41. The summed E-state index contributed by atoms with van der Waals surface area (Å²) in [6, 6.07) is 10.1. The summed E-state index contributed by atoms with van der Waals surface area (Å²) in [5, 5.41) is 2.77. The molecule has 1 amide bonds. The van der Waals surface area contributed by atoms with Crippen LogP contribution in [0.2, 0.25) is 0 Å². The summed E-state index contributed by atoms with van der Waals surface area (Å²) in [4.78, 5) is 11.5. The fourth-order valence-corrected chi connectivity index (χ4v) is 2.33. The average molecular weight is 277 g/mol. The van der Waals surface area contributed by atoms with E-state index in [4.69, 9.17) is 9.47 Å². The highest BCUT2D eigenvalue weighted by Crippen LogP contribution is 2.20. The molecular weight excluding hydrogens is 254 g/mol. The van der Waals surface area contributed by atoms with Crippen molar-refractivity contribution >= 4 is 6.09 Å². The van der Waals surface area contributed by atoms with Gasteiger partial charge in [-0.05, 0) is 37.7 Å². The van der Waals surface area contributed by atoms with Gasteiger partial charge in [0, 0.05) is 13.2 Å². The second-order valence-corrected chi connectivity index (χ2v) is 5.13. The van der Waals surface area contributed by atoms with Gasteiger partial charge in [0.25, 0.3) is 0 Å². The smallest absolute Gasteiger partial charge is 0.407 e. The number of benzene rings is 1. The van der Waals surface area contributed by atoms with Crippen molar-refractivity contribution in [2.45, 2.75) is 44.8 Å². The Morgan fingerprint density at radius 2 is 1.95 bits per heavy atom. The van der Waals surface area contributed by atoms with E-state index >= 15 is 0 Å². The van der Waals surface area contributed by atoms with Gasteiger partial charge < -0.3 is 14.8 Å². The number of alkyl carbamates (subject to hydrolysis) is 1. The molecule has 1 aliphatic carbocycles. The minimum Gasteiger partial charge on any atom is -0.446 e. The van der Waals surface area contributed by atoms with Crippen molar-refractivity contribution in [3.8, 4) is 0 Å². The van der Waals surface area contributed by atoms with Crippen LogP contribution in [0.15, 0.2) is 30.3 Å². The highest BCUT2D eigenvalue weighted by Gasteiger charge is 2.18. The maximum absolute atomic E-state index is 11.5. The minimum absolute atomic E-state index is 0.129. The van der Waals surface area contributed by atoms with Gasteiger partial charge in [-0.25, -0.2) is 4.79 Å². The molecule has 0 spiro atoms. The van der Waals surface area contributed by atoms with E-state index in [0.717, 1.165) is 19.3 Å². The maximum Gasteiger partial charge on any atom is 0.407 e. The summed E-state index contributed by atoms with van der Waals surface area (Å²) in [6.45, 7) is 1.85. The third-order valence-electron chi connectivity index (χ3n) is 3.42. The van der Waals surface area contributed by atoms with Crippen molar-refractivity contribution in [2.75, 3.05) is 13.2 Å². The second kappa shape index (κ2) is 8.59. The van der Waals surface area contributed by atoms with Crippen LogP contribution >= 0.6 is 0 Å². The largest absolute Gasteiger partial charge is 0.446 e. The van der Waals surface area contributed by atoms with Crippen LogP contribution < -0.4 is 5.32 Å². The SMILES string of the molecule is O=C(NCCCOCc1ccccc1)OC1CCCC1. The maximum atomic E-state index is 11.5. The summed E-state index contributed by atoms with van der Waals surface area (Å²) < 4.78 is 10.8. The van der Waals surface area contributed by atoms with E-state index in [1.165, 1.54) is 18.4 Å². The summed E-state index contributed by atoms with van der Waals surface area (Å²) in [6.07, 6.45) is 4.99. The van der Waals surface area contributed by atoms with Gasteiger partial charge in [-0.2, -0.15) is 0 Å². The van der Waals surface area contributed by atoms with Crippen LogP contribution in [0.25, 0.3) is 0 Å². The summed E-state index contributed by atoms with van der Waals surface area (Å²) in [7, 11) is 0. The van der Waals surface area contributed by atoms with Crippen LogP contribution in [-0.2, 0) is 16.1 Å². The van der Waals surface area contributed by atoms with Gasteiger partial charge >= 0.3 is 6.09 Å². The van der Waals surface area contributed by atoms with E-state index in [9.17, 15) is 4.79 Å². The Kier molecular flexibility index (Phi) is 6.38. The predicted octanol–water partition coefficient (Wildman–Crippen LogP) is 3.26. The summed E-state index contributed by atoms with van der Waals surface area (Å²) >= 11 is 0. The molecule has 0 radical (unpaired) electrons. The Morgan fingerprint density at radius 3 is 2.70 bits per heavy atom. The monoisotopic (exact) mass is 277 g/mol. The molecule has 0 aromatic heterocycles. The van der Waals surface area contributed by atoms with Crippen molar-refractivity contribution < 1.29 is 14.3 Å². The van der Waals surface area contributed by atoms with E-state index in [1.807, 2.05) is 30.3 Å². The van der Waals surface area contributed by atoms with Gasteiger partial charge in [0.2, 0.25) is 0 Å². The molecule has 1 aromatic carbocycles. The van der Waals surface area contributed by atoms with Crippen LogP contribution in [0, 0.1) is 0 Å². The molecule has 0 saturated heterocycles. The first kappa shape index (κ1) is 14.9. The van der Waals surface area contributed by atoms with E-state index in [1.54, 1.807) is 0 Å². The molecule has 1 aliphatic rings. The third-order valence-corrected chi connectivity index (χ3v) is 3.42. The molecule has 2 rings (SSSR count). The van der Waals surface area contributed by atoms with E-state index in [2.05, 4.69) is 5.32 Å². The molecule has 0 atom stereocenters. The van der Waals surface area contributed by atoms with Gasteiger partial charge in [-0.1, -0.05) is 30.3 Å². The fraction of sp³-hybridized carbons (Fsp3) is 0.562. The van der Waals surface area contributed by atoms with Crippen molar-refractivity contribution in [1.29, 1.82) is 0 Å². The van der Waals surface area contributed by atoms with E-state index in [0.29, 0.717) is 19.8 Å². The number of hydrogen-bond donors (Lipinski definition) is 1.